The molecule has 0 saturated carbocycles. The number of hydrogen-bond acceptors (Lipinski definition) is 4. The van der Waals surface area contributed by atoms with E-state index in [1.807, 2.05) is 51.1 Å². The van der Waals surface area contributed by atoms with Gasteiger partial charge in [0.25, 0.3) is 0 Å². The summed E-state index contributed by atoms with van der Waals surface area (Å²) in [6.07, 6.45) is 1.71. The van der Waals surface area contributed by atoms with Gasteiger partial charge in [-0.15, -0.1) is 0 Å². The molecule has 1 aliphatic rings. The van der Waals surface area contributed by atoms with Gasteiger partial charge in [-0.25, -0.2) is 0 Å². The molecule has 0 amide bonds. The Hall–Kier alpha value is -1.39. The average Bonchev–Trinajstić information content (AvgIpc) is 2.90. The van der Waals surface area contributed by atoms with E-state index in [2.05, 4.69) is 10.6 Å². The molecule has 0 spiro atoms. The Bertz CT molecular complexity index is 448. The maximum Gasteiger partial charge on any atom is 0.324 e. The summed E-state index contributed by atoms with van der Waals surface area (Å²) in [4.78, 5) is 12.4. The van der Waals surface area contributed by atoms with Crippen LogP contribution in [-0.2, 0) is 16.0 Å². The normalized spacial score (nSPS) is 20.2. The predicted molar refractivity (Wildman–Crippen MR) is 84.2 cm³/mol. The third-order valence-electron chi connectivity index (χ3n) is 3.47. The number of ether oxygens (including phenoxy) is 1. The summed E-state index contributed by atoms with van der Waals surface area (Å²) in [6.45, 7) is 7.63. The number of nitrogens with one attached hydrogen (secondary N) is 2. The second-order valence-corrected chi connectivity index (χ2v) is 6.63. The van der Waals surface area contributed by atoms with E-state index in [1.165, 1.54) is 0 Å². The monoisotopic (exact) mass is 290 g/mol. The number of esters is 1. The lowest BCUT2D eigenvalue weighted by Gasteiger charge is -2.26. The molecule has 0 bridgehead atoms. The van der Waals surface area contributed by atoms with Crippen LogP contribution in [-0.4, -0.2) is 36.7 Å². The standard InChI is InChI=1S/C17H26N2O2/c1-17(2,3)21-16(20)15(19-14-9-10-18-12-14)11-13-7-5-4-6-8-13/h4-8,14-15,18-19H,9-12H2,1-3H3/t14-,15-/m0/s1. The van der Waals surface area contributed by atoms with Crippen LogP contribution in [0.5, 0.6) is 0 Å². The molecule has 0 aromatic heterocycles. The zero-order chi connectivity index (χ0) is 15.3. The molecule has 2 N–H and O–H groups in total. The number of benzene rings is 1. The lowest BCUT2D eigenvalue weighted by atomic mass is 10.0. The average molecular weight is 290 g/mol. The molecule has 21 heavy (non-hydrogen) atoms. The van der Waals surface area contributed by atoms with Crippen molar-refractivity contribution in [3.63, 3.8) is 0 Å². The third kappa shape index (κ3) is 5.48. The van der Waals surface area contributed by atoms with Crippen molar-refractivity contribution < 1.29 is 9.53 Å². The molecule has 116 valence electrons. The van der Waals surface area contributed by atoms with Crippen LogP contribution >= 0.6 is 0 Å². The molecule has 1 saturated heterocycles. The number of rotatable bonds is 5. The molecular formula is C17H26N2O2. The van der Waals surface area contributed by atoms with Crippen molar-refractivity contribution in [3.8, 4) is 0 Å². The molecule has 0 radical (unpaired) electrons. The van der Waals surface area contributed by atoms with Gasteiger partial charge in [-0.1, -0.05) is 30.3 Å². The molecule has 4 heteroatoms. The van der Waals surface area contributed by atoms with Crippen molar-refractivity contribution in [3.05, 3.63) is 35.9 Å². The topological polar surface area (TPSA) is 50.4 Å². The van der Waals surface area contributed by atoms with Gasteiger partial charge in [0.05, 0.1) is 0 Å². The summed E-state index contributed by atoms with van der Waals surface area (Å²) in [5, 5.41) is 6.76. The van der Waals surface area contributed by atoms with E-state index in [-0.39, 0.29) is 12.0 Å². The zero-order valence-electron chi connectivity index (χ0n) is 13.2. The van der Waals surface area contributed by atoms with E-state index >= 15 is 0 Å². The fraction of sp³-hybridized carbons (Fsp3) is 0.588. The van der Waals surface area contributed by atoms with Crippen molar-refractivity contribution in [1.82, 2.24) is 10.6 Å². The third-order valence-corrected chi connectivity index (χ3v) is 3.47. The van der Waals surface area contributed by atoms with Gasteiger partial charge >= 0.3 is 5.97 Å². The smallest absolute Gasteiger partial charge is 0.324 e. The van der Waals surface area contributed by atoms with Crippen molar-refractivity contribution in [2.45, 2.75) is 51.3 Å². The van der Waals surface area contributed by atoms with Crippen LogP contribution in [0.3, 0.4) is 0 Å². The van der Waals surface area contributed by atoms with Crippen LogP contribution in [0.15, 0.2) is 30.3 Å². The number of carbonyl (C=O) groups excluding carboxylic acids is 1. The summed E-state index contributed by atoms with van der Waals surface area (Å²) in [6, 6.07) is 10.1. The van der Waals surface area contributed by atoms with Gasteiger partial charge in [-0.3, -0.25) is 4.79 Å². The highest BCUT2D eigenvalue weighted by molar-refractivity contribution is 5.76. The predicted octanol–water partition coefficient (Wildman–Crippen LogP) is 1.89. The maximum atomic E-state index is 12.4. The molecule has 4 nitrogen and oxygen atoms in total. The van der Waals surface area contributed by atoms with Gasteiger partial charge in [0, 0.05) is 12.6 Å². The van der Waals surface area contributed by atoms with Gasteiger partial charge < -0.3 is 15.4 Å². The molecule has 1 aromatic carbocycles. The van der Waals surface area contributed by atoms with Gasteiger partial charge in [0.1, 0.15) is 11.6 Å². The summed E-state index contributed by atoms with van der Waals surface area (Å²) in [5.41, 5.74) is 0.688. The summed E-state index contributed by atoms with van der Waals surface area (Å²) < 4.78 is 5.56. The van der Waals surface area contributed by atoms with Gasteiger partial charge in [0.15, 0.2) is 0 Å². The molecule has 1 aromatic rings. The van der Waals surface area contributed by atoms with Crippen molar-refractivity contribution in [1.29, 1.82) is 0 Å². The quantitative estimate of drug-likeness (QED) is 0.813. The fourth-order valence-electron chi connectivity index (χ4n) is 2.51. The van der Waals surface area contributed by atoms with E-state index in [4.69, 9.17) is 4.74 Å². The maximum absolute atomic E-state index is 12.4. The molecule has 1 aliphatic heterocycles. The second kappa shape index (κ2) is 7.05. The van der Waals surface area contributed by atoms with Crippen LogP contribution < -0.4 is 10.6 Å². The molecule has 1 fully saturated rings. The van der Waals surface area contributed by atoms with Crippen LogP contribution in [0.25, 0.3) is 0 Å². The molecular weight excluding hydrogens is 264 g/mol. The van der Waals surface area contributed by atoms with Crippen molar-refractivity contribution in [2.75, 3.05) is 13.1 Å². The summed E-state index contributed by atoms with van der Waals surface area (Å²) in [5.74, 6) is -0.168. The van der Waals surface area contributed by atoms with E-state index in [9.17, 15) is 4.79 Å². The van der Waals surface area contributed by atoms with Gasteiger partial charge in [-0.05, 0) is 45.7 Å². The van der Waals surface area contributed by atoms with Crippen LogP contribution in [0.1, 0.15) is 32.8 Å². The molecule has 0 unspecified atom stereocenters. The largest absolute Gasteiger partial charge is 0.459 e. The van der Waals surface area contributed by atoms with E-state index in [0.29, 0.717) is 12.5 Å². The lowest BCUT2D eigenvalue weighted by Crippen LogP contribution is -2.48. The minimum absolute atomic E-state index is 0.168. The van der Waals surface area contributed by atoms with Crippen molar-refractivity contribution >= 4 is 5.97 Å². The minimum Gasteiger partial charge on any atom is -0.459 e. The van der Waals surface area contributed by atoms with Crippen LogP contribution in [0.4, 0.5) is 0 Å². The van der Waals surface area contributed by atoms with Crippen LogP contribution in [0.2, 0.25) is 0 Å². The Morgan fingerprint density at radius 3 is 2.67 bits per heavy atom. The summed E-state index contributed by atoms with van der Waals surface area (Å²) >= 11 is 0. The highest BCUT2D eigenvalue weighted by Crippen LogP contribution is 2.13. The Morgan fingerprint density at radius 1 is 1.38 bits per heavy atom. The highest BCUT2D eigenvalue weighted by Gasteiger charge is 2.28. The number of carbonyl (C=O) groups is 1. The first-order chi connectivity index (χ1) is 9.94. The Balaban J connectivity index is 2.03. The first-order valence-corrected chi connectivity index (χ1v) is 7.67. The van der Waals surface area contributed by atoms with Crippen LogP contribution in [0, 0.1) is 0 Å². The SMILES string of the molecule is CC(C)(C)OC(=O)[C@H](Cc1ccccc1)N[C@H]1CCNC1. The van der Waals surface area contributed by atoms with E-state index < -0.39 is 5.60 Å². The van der Waals surface area contributed by atoms with Crippen molar-refractivity contribution in [2.24, 2.45) is 0 Å². The molecule has 1 heterocycles. The Morgan fingerprint density at radius 2 is 2.10 bits per heavy atom. The van der Waals surface area contributed by atoms with Gasteiger partial charge in [0.2, 0.25) is 0 Å². The fourth-order valence-corrected chi connectivity index (χ4v) is 2.51. The zero-order valence-corrected chi connectivity index (χ0v) is 13.2. The minimum atomic E-state index is -0.457. The Labute approximate surface area is 127 Å². The molecule has 2 rings (SSSR count). The second-order valence-electron chi connectivity index (χ2n) is 6.63. The molecule has 2 atom stereocenters. The lowest BCUT2D eigenvalue weighted by molar-refractivity contribution is -0.157. The summed E-state index contributed by atoms with van der Waals surface area (Å²) in [7, 11) is 0. The highest BCUT2D eigenvalue weighted by atomic mass is 16.6. The molecule has 0 aliphatic carbocycles. The van der Waals surface area contributed by atoms with E-state index in [1.54, 1.807) is 0 Å². The van der Waals surface area contributed by atoms with E-state index in [0.717, 1.165) is 25.1 Å². The van der Waals surface area contributed by atoms with Gasteiger partial charge in [-0.2, -0.15) is 0 Å². The first kappa shape index (κ1) is 16.0. The first-order valence-electron chi connectivity index (χ1n) is 7.67. The Kier molecular flexibility index (Phi) is 5.37. The number of hydrogen-bond donors (Lipinski definition) is 2.